The van der Waals surface area contributed by atoms with Gasteiger partial charge in [-0.1, -0.05) is 32.9 Å². The van der Waals surface area contributed by atoms with Gasteiger partial charge < -0.3 is 9.84 Å². The normalized spacial score (nSPS) is 42.1. The first-order valence-corrected chi connectivity index (χ1v) is 7.72. The highest BCUT2D eigenvalue weighted by atomic mass is 16.5. The second-order valence-corrected chi connectivity index (χ2v) is 7.30. The SMILES string of the molecule is C=C1[C@H]2CC[C@H](C)[C@]1(C)CC[C@@]2(C)[C@H](O)COC(C)=O. The molecule has 0 saturated heterocycles. The lowest BCUT2D eigenvalue weighted by Crippen LogP contribution is -2.53. The van der Waals surface area contributed by atoms with E-state index in [2.05, 4.69) is 27.4 Å². The van der Waals surface area contributed by atoms with Gasteiger partial charge in [-0.3, -0.25) is 4.79 Å². The van der Waals surface area contributed by atoms with Crippen LogP contribution in [0.3, 0.4) is 0 Å². The average Bonchev–Trinajstić information content (AvgIpc) is 2.38. The first kappa shape index (κ1) is 15.6. The van der Waals surface area contributed by atoms with Gasteiger partial charge in [0.05, 0.1) is 6.10 Å². The van der Waals surface area contributed by atoms with Gasteiger partial charge in [0.15, 0.2) is 0 Å². The summed E-state index contributed by atoms with van der Waals surface area (Å²) < 4.78 is 5.02. The second kappa shape index (κ2) is 5.18. The molecule has 20 heavy (non-hydrogen) atoms. The fourth-order valence-corrected chi connectivity index (χ4v) is 4.25. The van der Waals surface area contributed by atoms with E-state index in [1.165, 1.54) is 18.9 Å². The number of aliphatic hydroxyl groups is 1. The molecular formula is C17H28O3. The fourth-order valence-electron chi connectivity index (χ4n) is 4.25. The predicted octanol–water partition coefficient (Wildman–Crippen LogP) is 3.32. The molecule has 0 unspecified atom stereocenters. The van der Waals surface area contributed by atoms with Crippen molar-refractivity contribution in [2.45, 2.75) is 59.5 Å². The number of aliphatic hydroxyl groups excluding tert-OH is 1. The van der Waals surface area contributed by atoms with Gasteiger partial charge in [-0.05, 0) is 42.9 Å². The van der Waals surface area contributed by atoms with E-state index in [1.807, 2.05) is 0 Å². The molecule has 0 spiro atoms. The Morgan fingerprint density at radius 1 is 1.45 bits per heavy atom. The number of ether oxygens (including phenoxy) is 1. The Hall–Kier alpha value is -0.830. The van der Waals surface area contributed by atoms with Crippen LogP contribution >= 0.6 is 0 Å². The number of carbonyl (C=O) groups excluding carboxylic acids is 1. The maximum absolute atomic E-state index is 11.0. The highest BCUT2D eigenvalue weighted by Gasteiger charge is 2.54. The van der Waals surface area contributed by atoms with Crippen LogP contribution in [0.5, 0.6) is 0 Å². The van der Waals surface area contributed by atoms with Gasteiger partial charge in [-0.2, -0.15) is 0 Å². The topological polar surface area (TPSA) is 46.5 Å². The molecule has 2 fully saturated rings. The summed E-state index contributed by atoms with van der Waals surface area (Å²) in [4.78, 5) is 11.0. The molecule has 0 aromatic carbocycles. The summed E-state index contributed by atoms with van der Waals surface area (Å²) in [6.07, 6.45) is 3.71. The minimum atomic E-state index is -0.605. The van der Waals surface area contributed by atoms with Crippen LogP contribution in [0.1, 0.15) is 53.4 Å². The highest BCUT2D eigenvalue weighted by Crippen LogP contribution is 2.61. The molecule has 2 saturated carbocycles. The maximum Gasteiger partial charge on any atom is 0.302 e. The Kier molecular flexibility index (Phi) is 4.03. The summed E-state index contributed by atoms with van der Waals surface area (Å²) in [5.41, 5.74) is 1.29. The van der Waals surface area contributed by atoms with E-state index in [1.54, 1.807) is 0 Å². The zero-order valence-corrected chi connectivity index (χ0v) is 13.2. The monoisotopic (exact) mass is 280 g/mol. The van der Waals surface area contributed by atoms with E-state index in [-0.39, 0.29) is 23.4 Å². The summed E-state index contributed by atoms with van der Waals surface area (Å²) in [7, 11) is 0. The molecule has 5 atom stereocenters. The molecule has 2 bridgehead atoms. The third-order valence-electron chi connectivity index (χ3n) is 6.31. The third-order valence-corrected chi connectivity index (χ3v) is 6.31. The molecular weight excluding hydrogens is 252 g/mol. The molecule has 114 valence electrons. The van der Waals surface area contributed by atoms with Gasteiger partial charge in [0.25, 0.3) is 0 Å². The van der Waals surface area contributed by atoms with Crippen LogP contribution in [0.15, 0.2) is 12.2 Å². The van der Waals surface area contributed by atoms with E-state index in [0.717, 1.165) is 19.3 Å². The third kappa shape index (κ3) is 2.30. The minimum absolute atomic E-state index is 0.0991. The molecule has 2 aliphatic carbocycles. The number of rotatable bonds is 3. The zero-order valence-electron chi connectivity index (χ0n) is 13.2. The van der Waals surface area contributed by atoms with Crippen molar-refractivity contribution in [1.82, 2.24) is 0 Å². The van der Waals surface area contributed by atoms with E-state index in [4.69, 9.17) is 4.74 Å². The molecule has 3 heteroatoms. The van der Waals surface area contributed by atoms with Crippen molar-refractivity contribution < 1.29 is 14.6 Å². The van der Waals surface area contributed by atoms with Crippen molar-refractivity contribution in [3.63, 3.8) is 0 Å². The van der Waals surface area contributed by atoms with Crippen LogP contribution in [-0.4, -0.2) is 23.8 Å². The van der Waals surface area contributed by atoms with Gasteiger partial charge in [0, 0.05) is 12.3 Å². The van der Waals surface area contributed by atoms with Crippen molar-refractivity contribution in [3.8, 4) is 0 Å². The molecule has 1 N–H and O–H groups in total. The van der Waals surface area contributed by atoms with Crippen LogP contribution in [0.4, 0.5) is 0 Å². The first-order chi connectivity index (χ1) is 9.21. The summed E-state index contributed by atoms with van der Waals surface area (Å²) in [5.74, 6) is 0.675. The second-order valence-electron chi connectivity index (χ2n) is 7.30. The Bertz CT molecular complexity index is 416. The van der Waals surface area contributed by atoms with Gasteiger partial charge in [0.1, 0.15) is 6.61 Å². The standard InChI is InChI=1S/C17H28O3/c1-11-6-7-14-12(2)16(11,4)8-9-17(14,5)15(19)10-20-13(3)18/h11,14-15,19H,2,6-10H2,1,3-5H3/t11-,14+,15+,16-,17+/m0/s1. The van der Waals surface area contributed by atoms with Gasteiger partial charge in [-0.15, -0.1) is 0 Å². The number of allylic oxidation sites excluding steroid dienone is 1. The quantitative estimate of drug-likeness (QED) is 0.637. The number of hydrogen-bond donors (Lipinski definition) is 1. The van der Waals surface area contributed by atoms with Crippen LogP contribution < -0.4 is 0 Å². The molecule has 3 nitrogen and oxygen atoms in total. The Morgan fingerprint density at radius 2 is 2.10 bits per heavy atom. The number of carbonyl (C=O) groups is 1. The Morgan fingerprint density at radius 3 is 2.70 bits per heavy atom. The van der Waals surface area contributed by atoms with Crippen molar-refractivity contribution in [3.05, 3.63) is 12.2 Å². The Labute approximate surface area is 122 Å². The molecule has 2 aliphatic rings. The van der Waals surface area contributed by atoms with E-state index >= 15 is 0 Å². The van der Waals surface area contributed by atoms with E-state index < -0.39 is 6.10 Å². The fraction of sp³-hybridized carbons (Fsp3) is 0.824. The highest BCUT2D eigenvalue weighted by molar-refractivity contribution is 5.65. The predicted molar refractivity (Wildman–Crippen MR) is 79.1 cm³/mol. The minimum Gasteiger partial charge on any atom is -0.463 e. The average molecular weight is 280 g/mol. The Balaban J connectivity index is 2.18. The van der Waals surface area contributed by atoms with Crippen molar-refractivity contribution in [2.24, 2.45) is 22.7 Å². The molecule has 0 aromatic heterocycles. The van der Waals surface area contributed by atoms with Crippen LogP contribution in [0, 0.1) is 22.7 Å². The van der Waals surface area contributed by atoms with Gasteiger partial charge in [0.2, 0.25) is 0 Å². The van der Waals surface area contributed by atoms with Gasteiger partial charge >= 0.3 is 5.97 Å². The largest absolute Gasteiger partial charge is 0.463 e. The molecule has 0 aromatic rings. The van der Waals surface area contributed by atoms with E-state index in [0.29, 0.717) is 11.8 Å². The zero-order chi connectivity index (χ0) is 15.1. The lowest BCUT2D eigenvalue weighted by Gasteiger charge is -2.58. The van der Waals surface area contributed by atoms with Crippen LogP contribution in [-0.2, 0) is 9.53 Å². The number of esters is 1. The molecule has 0 aliphatic heterocycles. The summed E-state index contributed by atoms with van der Waals surface area (Å²) in [6, 6.07) is 0. The van der Waals surface area contributed by atoms with Crippen molar-refractivity contribution in [1.29, 1.82) is 0 Å². The van der Waals surface area contributed by atoms with Crippen LogP contribution in [0.25, 0.3) is 0 Å². The summed E-state index contributed by atoms with van der Waals surface area (Å²) in [6.45, 7) is 12.6. The molecule has 0 amide bonds. The maximum atomic E-state index is 11.0. The smallest absolute Gasteiger partial charge is 0.302 e. The van der Waals surface area contributed by atoms with Crippen molar-refractivity contribution >= 4 is 5.97 Å². The van der Waals surface area contributed by atoms with Gasteiger partial charge in [-0.25, -0.2) is 0 Å². The summed E-state index contributed by atoms with van der Waals surface area (Å²) in [5, 5.41) is 10.5. The number of fused-ring (bicyclic) bond motifs is 2. The molecule has 0 radical (unpaired) electrons. The molecule has 0 heterocycles. The van der Waals surface area contributed by atoms with Crippen molar-refractivity contribution in [2.75, 3.05) is 6.61 Å². The summed E-state index contributed by atoms with van der Waals surface area (Å²) >= 11 is 0. The van der Waals surface area contributed by atoms with Crippen LogP contribution in [0.2, 0.25) is 0 Å². The lowest BCUT2D eigenvalue weighted by molar-refractivity contribution is -0.150. The lowest BCUT2D eigenvalue weighted by atomic mass is 9.47. The number of hydrogen-bond acceptors (Lipinski definition) is 3. The van der Waals surface area contributed by atoms with E-state index in [9.17, 15) is 9.90 Å². The molecule has 2 rings (SSSR count). The first-order valence-electron chi connectivity index (χ1n) is 7.72.